The van der Waals surface area contributed by atoms with Gasteiger partial charge in [-0.25, -0.2) is 0 Å². The molecule has 0 radical (unpaired) electrons. The largest absolute Gasteiger partial charge is 0.487 e. The van der Waals surface area contributed by atoms with Crippen LogP contribution in [0.5, 0.6) is 0 Å². The summed E-state index contributed by atoms with van der Waals surface area (Å²) in [5.41, 5.74) is 3.35. The molecule has 0 aliphatic carbocycles. The van der Waals surface area contributed by atoms with Gasteiger partial charge in [-0.05, 0) is 54.9 Å². The molecule has 2 aliphatic rings. The first kappa shape index (κ1) is 29.5. The zero-order valence-electron chi connectivity index (χ0n) is 23.8. The fourth-order valence-corrected chi connectivity index (χ4v) is 5.11. The van der Waals surface area contributed by atoms with Gasteiger partial charge >= 0.3 is 0 Å². The van der Waals surface area contributed by atoms with E-state index in [2.05, 4.69) is 42.5 Å². The van der Waals surface area contributed by atoms with Crippen LogP contribution >= 0.6 is 0 Å². The molecule has 0 amide bonds. The van der Waals surface area contributed by atoms with E-state index >= 15 is 0 Å². The van der Waals surface area contributed by atoms with E-state index in [0.29, 0.717) is 33.0 Å². The predicted molar refractivity (Wildman–Crippen MR) is 158 cm³/mol. The molecule has 218 valence electrons. The Kier molecular flexibility index (Phi) is 11.8. The number of hydrogen-bond acceptors (Lipinski definition) is 6. The van der Waals surface area contributed by atoms with Crippen LogP contribution in [-0.2, 0) is 48.2 Å². The summed E-state index contributed by atoms with van der Waals surface area (Å²) in [4.78, 5) is 0. The minimum Gasteiger partial charge on any atom is -0.487 e. The van der Waals surface area contributed by atoms with E-state index in [0.717, 1.165) is 54.7 Å². The lowest BCUT2D eigenvalue weighted by Gasteiger charge is -2.23. The normalized spacial score (nSPS) is 23.5. The van der Waals surface area contributed by atoms with Crippen LogP contribution in [0.1, 0.15) is 48.8 Å². The number of ether oxygens (including phenoxy) is 6. The van der Waals surface area contributed by atoms with E-state index in [-0.39, 0.29) is 24.6 Å². The molecule has 4 atom stereocenters. The third kappa shape index (κ3) is 9.52. The molecular formula is C35H42O6. The van der Waals surface area contributed by atoms with Crippen molar-refractivity contribution in [3.8, 4) is 0 Å². The lowest BCUT2D eigenvalue weighted by molar-refractivity contribution is -0.162. The van der Waals surface area contributed by atoms with Gasteiger partial charge in [0.15, 0.2) is 12.4 Å². The highest BCUT2D eigenvalue weighted by Crippen LogP contribution is 2.32. The molecule has 2 saturated heterocycles. The van der Waals surface area contributed by atoms with Gasteiger partial charge in [0.05, 0.1) is 33.0 Å². The van der Waals surface area contributed by atoms with Crippen molar-refractivity contribution in [2.24, 2.45) is 0 Å². The molecule has 2 aliphatic heterocycles. The summed E-state index contributed by atoms with van der Waals surface area (Å²) in [7, 11) is 0. The van der Waals surface area contributed by atoms with E-state index in [1.54, 1.807) is 0 Å². The monoisotopic (exact) mass is 558 g/mol. The second kappa shape index (κ2) is 16.4. The lowest BCUT2D eigenvalue weighted by atomic mass is 10.1. The first-order chi connectivity index (χ1) is 20.3. The van der Waals surface area contributed by atoms with Crippen LogP contribution in [0.4, 0.5) is 0 Å². The number of benzene rings is 3. The molecule has 3 unspecified atom stereocenters. The van der Waals surface area contributed by atoms with Gasteiger partial charge in [-0.1, -0.05) is 91.0 Å². The van der Waals surface area contributed by atoms with Gasteiger partial charge in [-0.3, -0.25) is 0 Å². The third-order valence-corrected chi connectivity index (χ3v) is 7.32. The minimum atomic E-state index is -0.341. The average molecular weight is 559 g/mol. The Hall–Kier alpha value is -3.00. The van der Waals surface area contributed by atoms with E-state index in [1.807, 2.05) is 54.6 Å². The van der Waals surface area contributed by atoms with Gasteiger partial charge in [0.2, 0.25) is 0 Å². The molecule has 0 saturated carbocycles. The fraction of sp³-hybridized carbons (Fsp3) is 0.429. The van der Waals surface area contributed by atoms with Crippen molar-refractivity contribution in [1.29, 1.82) is 0 Å². The SMILES string of the molecule is C(CCCOC1CCCCO1)=C1OC(COCc2ccccc2)C(OCc2ccccc2)[C@H]1OCc1ccccc1. The highest BCUT2D eigenvalue weighted by molar-refractivity contribution is 5.17. The molecule has 2 heterocycles. The molecule has 0 N–H and O–H groups in total. The molecule has 3 aromatic rings. The van der Waals surface area contributed by atoms with E-state index in [4.69, 9.17) is 28.4 Å². The van der Waals surface area contributed by atoms with Gasteiger partial charge in [0.1, 0.15) is 18.0 Å². The molecule has 2 fully saturated rings. The second-order valence-corrected chi connectivity index (χ2v) is 10.6. The molecule has 3 aromatic carbocycles. The standard InChI is InChI=1S/C35H42O6/c1-4-14-28(15-5-1)24-36-27-32-35(40-26-30-18-8-3-9-19-30)34(39-25-29-16-6-2-7-17-29)31(41-32)20-10-12-22-37-33-21-11-13-23-38-33/h1-9,14-20,32-35H,10-13,21-27H2/t32?,33?,34-,35?/m0/s1. The first-order valence-corrected chi connectivity index (χ1v) is 14.9. The van der Waals surface area contributed by atoms with Crippen molar-refractivity contribution in [1.82, 2.24) is 0 Å². The molecule has 5 rings (SSSR count). The Morgan fingerprint density at radius 3 is 1.98 bits per heavy atom. The maximum Gasteiger partial charge on any atom is 0.157 e. The number of unbranched alkanes of at least 4 members (excludes halogenated alkanes) is 1. The van der Waals surface area contributed by atoms with Crippen LogP contribution in [0, 0.1) is 0 Å². The van der Waals surface area contributed by atoms with E-state index < -0.39 is 0 Å². The smallest absolute Gasteiger partial charge is 0.157 e. The van der Waals surface area contributed by atoms with Crippen LogP contribution in [0.3, 0.4) is 0 Å². The maximum atomic E-state index is 6.53. The van der Waals surface area contributed by atoms with Crippen molar-refractivity contribution >= 4 is 0 Å². The Morgan fingerprint density at radius 2 is 1.34 bits per heavy atom. The van der Waals surface area contributed by atoms with Crippen LogP contribution < -0.4 is 0 Å². The van der Waals surface area contributed by atoms with Gasteiger partial charge < -0.3 is 28.4 Å². The van der Waals surface area contributed by atoms with Crippen LogP contribution in [0.2, 0.25) is 0 Å². The summed E-state index contributed by atoms with van der Waals surface area (Å²) in [6.07, 6.45) is 6.09. The maximum absolute atomic E-state index is 6.53. The highest BCUT2D eigenvalue weighted by Gasteiger charge is 2.43. The first-order valence-electron chi connectivity index (χ1n) is 14.9. The van der Waals surface area contributed by atoms with Crippen molar-refractivity contribution in [3.05, 3.63) is 120 Å². The zero-order valence-corrected chi connectivity index (χ0v) is 23.8. The Labute approximate surface area is 244 Å². The molecule has 0 spiro atoms. The van der Waals surface area contributed by atoms with Crippen molar-refractivity contribution < 1.29 is 28.4 Å². The molecule has 41 heavy (non-hydrogen) atoms. The average Bonchev–Trinajstić information content (AvgIpc) is 3.36. The molecule has 0 aromatic heterocycles. The Balaban J connectivity index is 1.25. The molecular weight excluding hydrogens is 516 g/mol. The van der Waals surface area contributed by atoms with Crippen molar-refractivity contribution in [2.75, 3.05) is 19.8 Å². The minimum absolute atomic E-state index is 0.0667. The fourth-order valence-electron chi connectivity index (χ4n) is 5.11. The summed E-state index contributed by atoms with van der Waals surface area (Å²) in [5, 5.41) is 0. The lowest BCUT2D eigenvalue weighted by Crippen LogP contribution is -2.37. The van der Waals surface area contributed by atoms with Crippen molar-refractivity contribution in [2.45, 2.75) is 76.5 Å². The summed E-state index contributed by atoms with van der Waals surface area (Å²) < 4.78 is 37.3. The second-order valence-electron chi connectivity index (χ2n) is 10.6. The third-order valence-electron chi connectivity index (χ3n) is 7.32. The predicted octanol–water partition coefficient (Wildman–Crippen LogP) is 6.98. The van der Waals surface area contributed by atoms with Crippen LogP contribution in [0.15, 0.2) is 103 Å². The van der Waals surface area contributed by atoms with Crippen LogP contribution in [-0.4, -0.2) is 44.4 Å². The Bertz CT molecular complexity index is 1150. The quantitative estimate of drug-likeness (QED) is 0.188. The van der Waals surface area contributed by atoms with Crippen LogP contribution in [0.25, 0.3) is 0 Å². The molecule has 0 bridgehead atoms. The summed E-state index contributed by atoms with van der Waals surface area (Å²) in [5.74, 6) is 0.807. The zero-order chi connectivity index (χ0) is 28.0. The molecule has 6 heteroatoms. The topological polar surface area (TPSA) is 55.4 Å². The van der Waals surface area contributed by atoms with Gasteiger partial charge in [-0.15, -0.1) is 0 Å². The van der Waals surface area contributed by atoms with Gasteiger partial charge in [0, 0.05) is 6.61 Å². The van der Waals surface area contributed by atoms with E-state index in [9.17, 15) is 0 Å². The highest BCUT2D eigenvalue weighted by atomic mass is 16.7. The number of rotatable bonds is 15. The number of hydrogen-bond donors (Lipinski definition) is 0. The summed E-state index contributed by atoms with van der Waals surface area (Å²) in [6, 6.07) is 30.6. The van der Waals surface area contributed by atoms with Gasteiger partial charge in [0.25, 0.3) is 0 Å². The molecule has 6 nitrogen and oxygen atoms in total. The summed E-state index contributed by atoms with van der Waals surface area (Å²) >= 11 is 0. The van der Waals surface area contributed by atoms with Crippen molar-refractivity contribution in [3.63, 3.8) is 0 Å². The summed E-state index contributed by atoms with van der Waals surface area (Å²) in [6.45, 7) is 3.30. The van der Waals surface area contributed by atoms with Gasteiger partial charge in [-0.2, -0.15) is 0 Å². The number of allylic oxidation sites excluding steroid dienone is 1. The van der Waals surface area contributed by atoms with E-state index in [1.165, 1.54) is 6.42 Å². The Morgan fingerprint density at radius 1 is 0.707 bits per heavy atom.